The first kappa shape index (κ1) is 21.9. The van der Waals surface area contributed by atoms with Crippen LogP contribution in [0.1, 0.15) is 16.7 Å². The van der Waals surface area contributed by atoms with E-state index in [0.29, 0.717) is 12.0 Å². The highest BCUT2D eigenvalue weighted by Crippen LogP contribution is 2.42. The highest BCUT2D eigenvalue weighted by molar-refractivity contribution is 5.89. The normalized spacial score (nSPS) is 12.3. The third-order valence-corrected chi connectivity index (χ3v) is 5.80. The summed E-state index contributed by atoms with van der Waals surface area (Å²) in [7, 11) is 0. The largest absolute Gasteiger partial charge is 0.479 e. The number of anilines is 2. The fourth-order valence-electron chi connectivity index (χ4n) is 4.26. The van der Waals surface area contributed by atoms with E-state index in [2.05, 4.69) is 5.92 Å². The van der Waals surface area contributed by atoms with E-state index >= 15 is 0 Å². The summed E-state index contributed by atoms with van der Waals surface area (Å²) in [6.45, 7) is 0. The van der Waals surface area contributed by atoms with E-state index in [0.717, 1.165) is 22.5 Å². The summed E-state index contributed by atoms with van der Waals surface area (Å²) in [5.41, 5.74) is 2.81. The Labute approximate surface area is 195 Å². The van der Waals surface area contributed by atoms with Gasteiger partial charge < -0.3 is 10.0 Å². The highest BCUT2D eigenvalue weighted by Gasteiger charge is 2.47. The molecular weight excluding hydrogens is 406 g/mol. The third-order valence-electron chi connectivity index (χ3n) is 5.80. The van der Waals surface area contributed by atoms with Crippen molar-refractivity contribution >= 4 is 17.3 Å². The summed E-state index contributed by atoms with van der Waals surface area (Å²) < 4.78 is 0. The molecular formula is C30H25NO2. The Bertz CT molecular complexity index is 1190. The van der Waals surface area contributed by atoms with Crippen molar-refractivity contribution in [3.8, 4) is 12.3 Å². The SMILES string of the molecule is C#CCc1ccc([C@](Cc2ccccc2)(C(=O)O)N(c2ccccc2)c2ccccc2)cc1. The number of benzene rings is 4. The minimum Gasteiger partial charge on any atom is -0.479 e. The monoisotopic (exact) mass is 431 g/mol. The number of aliphatic carboxylic acids is 1. The van der Waals surface area contributed by atoms with Crippen LogP contribution in [0.25, 0.3) is 0 Å². The molecule has 0 saturated heterocycles. The summed E-state index contributed by atoms with van der Waals surface area (Å²) in [6.07, 6.45) is 6.26. The Balaban J connectivity index is 2.00. The smallest absolute Gasteiger partial charge is 0.334 e. The van der Waals surface area contributed by atoms with E-state index in [9.17, 15) is 9.90 Å². The van der Waals surface area contributed by atoms with Gasteiger partial charge in [0.15, 0.2) is 5.54 Å². The second-order valence-electron chi connectivity index (χ2n) is 7.91. The van der Waals surface area contributed by atoms with Crippen LogP contribution in [0.3, 0.4) is 0 Å². The maximum Gasteiger partial charge on any atom is 0.334 e. The lowest BCUT2D eigenvalue weighted by molar-refractivity contribution is -0.143. The molecule has 162 valence electrons. The molecule has 4 aromatic rings. The van der Waals surface area contributed by atoms with Gasteiger partial charge in [0.2, 0.25) is 0 Å². The Morgan fingerprint density at radius 1 is 0.727 bits per heavy atom. The summed E-state index contributed by atoms with van der Waals surface area (Å²) in [4.78, 5) is 15.3. The topological polar surface area (TPSA) is 40.5 Å². The zero-order chi connectivity index (χ0) is 23.1. The van der Waals surface area contributed by atoms with Gasteiger partial charge in [-0.05, 0) is 41.0 Å². The van der Waals surface area contributed by atoms with Gasteiger partial charge in [0.1, 0.15) is 0 Å². The number of carbonyl (C=O) groups is 1. The van der Waals surface area contributed by atoms with Crippen LogP contribution >= 0.6 is 0 Å². The Kier molecular flexibility index (Phi) is 6.57. The van der Waals surface area contributed by atoms with E-state index in [1.54, 1.807) is 0 Å². The van der Waals surface area contributed by atoms with E-state index in [1.165, 1.54) is 0 Å². The number of para-hydroxylation sites is 2. The number of rotatable bonds is 8. The van der Waals surface area contributed by atoms with Crippen molar-refractivity contribution in [1.29, 1.82) is 0 Å². The number of nitrogens with zero attached hydrogens (tertiary/aromatic N) is 1. The van der Waals surface area contributed by atoms with Crippen molar-refractivity contribution in [3.63, 3.8) is 0 Å². The van der Waals surface area contributed by atoms with Crippen LogP contribution in [0.4, 0.5) is 11.4 Å². The average Bonchev–Trinajstić information content (AvgIpc) is 2.86. The number of hydrogen-bond acceptors (Lipinski definition) is 2. The number of hydrogen-bond donors (Lipinski definition) is 1. The number of terminal acetylenes is 1. The molecule has 1 N–H and O–H groups in total. The van der Waals surface area contributed by atoms with E-state index < -0.39 is 11.5 Å². The maximum absolute atomic E-state index is 13.4. The molecule has 4 aromatic carbocycles. The fourth-order valence-corrected chi connectivity index (χ4v) is 4.26. The Morgan fingerprint density at radius 2 is 1.21 bits per heavy atom. The average molecular weight is 432 g/mol. The van der Waals surface area contributed by atoms with Gasteiger partial charge in [-0.15, -0.1) is 12.3 Å². The van der Waals surface area contributed by atoms with Crippen LogP contribution in [-0.2, 0) is 23.2 Å². The second-order valence-corrected chi connectivity index (χ2v) is 7.91. The van der Waals surface area contributed by atoms with Crippen LogP contribution in [-0.4, -0.2) is 11.1 Å². The predicted molar refractivity (Wildman–Crippen MR) is 133 cm³/mol. The van der Waals surface area contributed by atoms with Crippen LogP contribution in [0.2, 0.25) is 0 Å². The number of carboxylic acid groups (broad SMARTS) is 1. The highest BCUT2D eigenvalue weighted by atomic mass is 16.4. The van der Waals surface area contributed by atoms with Crippen molar-refractivity contribution < 1.29 is 9.90 Å². The van der Waals surface area contributed by atoms with Crippen molar-refractivity contribution in [2.24, 2.45) is 0 Å². The zero-order valence-corrected chi connectivity index (χ0v) is 18.3. The molecule has 33 heavy (non-hydrogen) atoms. The molecule has 0 heterocycles. The first-order chi connectivity index (χ1) is 16.1. The molecule has 3 heteroatoms. The molecule has 0 unspecified atom stereocenters. The van der Waals surface area contributed by atoms with Crippen molar-refractivity contribution in [3.05, 3.63) is 132 Å². The molecule has 0 radical (unpaired) electrons. The molecule has 3 nitrogen and oxygen atoms in total. The molecule has 4 rings (SSSR count). The predicted octanol–water partition coefficient (Wildman–Crippen LogP) is 6.22. The molecule has 0 amide bonds. The minimum absolute atomic E-state index is 0.279. The first-order valence-corrected chi connectivity index (χ1v) is 10.9. The van der Waals surface area contributed by atoms with Crippen molar-refractivity contribution in [2.45, 2.75) is 18.4 Å². The van der Waals surface area contributed by atoms with E-state index in [4.69, 9.17) is 6.42 Å². The molecule has 0 aliphatic carbocycles. The molecule has 0 saturated carbocycles. The molecule has 0 aromatic heterocycles. The third kappa shape index (κ3) is 4.51. The van der Waals surface area contributed by atoms with Gasteiger partial charge in [0.05, 0.1) is 0 Å². The second kappa shape index (κ2) is 9.89. The lowest BCUT2D eigenvalue weighted by atomic mass is 9.80. The van der Waals surface area contributed by atoms with Crippen LogP contribution < -0.4 is 4.90 Å². The molecule has 0 aliphatic rings. The molecule has 1 atom stereocenters. The lowest BCUT2D eigenvalue weighted by Gasteiger charge is -2.43. The minimum atomic E-state index is -1.39. The quantitative estimate of drug-likeness (QED) is 0.337. The molecule has 0 spiro atoms. The van der Waals surface area contributed by atoms with Crippen molar-refractivity contribution in [1.82, 2.24) is 0 Å². The Hall–Kier alpha value is -4.29. The van der Waals surface area contributed by atoms with Gasteiger partial charge in [-0.3, -0.25) is 0 Å². The van der Waals surface area contributed by atoms with E-state index in [1.807, 2.05) is 120 Å². The van der Waals surface area contributed by atoms with Gasteiger partial charge >= 0.3 is 5.97 Å². The summed E-state index contributed by atoms with van der Waals surface area (Å²) in [6, 6.07) is 36.7. The van der Waals surface area contributed by atoms with Crippen LogP contribution in [0.5, 0.6) is 0 Å². The number of carboxylic acids is 1. The lowest BCUT2D eigenvalue weighted by Crippen LogP contribution is -2.52. The van der Waals surface area contributed by atoms with Gasteiger partial charge in [0, 0.05) is 24.2 Å². The van der Waals surface area contributed by atoms with Gasteiger partial charge in [-0.2, -0.15) is 0 Å². The molecule has 0 fully saturated rings. The van der Waals surface area contributed by atoms with Crippen LogP contribution in [0.15, 0.2) is 115 Å². The first-order valence-electron chi connectivity index (χ1n) is 10.9. The fraction of sp³-hybridized carbons (Fsp3) is 0.100. The molecule has 0 aliphatic heterocycles. The van der Waals surface area contributed by atoms with Gasteiger partial charge in [-0.25, -0.2) is 4.79 Å². The van der Waals surface area contributed by atoms with Crippen LogP contribution in [0, 0.1) is 12.3 Å². The van der Waals surface area contributed by atoms with Gasteiger partial charge in [0.25, 0.3) is 0 Å². The standard InChI is InChI=1S/C30H25NO2/c1-2-12-24-19-21-26(22-20-24)30(29(32)33,23-25-13-6-3-7-14-25)31(27-15-8-4-9-16-27)28-17-10-5-11-18-28/h1,3-11,13-22H,12,23H2,(H,32,33)/t30-/m1/s1. The Morgan fingerprint density at radius 3 is 1.67 bits per heavy atom. The summed E-state index contributed by atoms with van der Waals surface area (Å²) in [5.74, 6) is 1.73. The van der Waals surface area contributed by atoms with E-state index in [-0.39, 0.29) is 6.42 Å². The maximum atomic E-state index is 13.4. The molecule has 0 bridgehead atoms. The van der Waals surface area contributed by atoms with Gasteiger partial charge in [-0.1, -0.05) is 91.0 Å². The summed E-state index contributed by atoms with van der Waals surface area (Å²) >= 11 is 0. The zero-order valence-electron chi connectivity index (χ0n) is 18.3. The van der Waals surface area contributed by atoms with Crippen molar-refractivity contribution in [2.75, 3.05) is 4.90 Å². The summed E-state index contributed by atoms with van der Waals surface area (Å²) in [5, 5.41) is 10.9.